The molecule has 0 unspecified atom stereocenters. The van der Waals surface area contributed by atoms with Gasteiger partial charge in [0.2, 0.25) is 0 Å². The zero-order valence-electron chi connectivity index (χ0n) is 13.5. The van der Waals surface area contributed by atoms with Crippen LogP contribution in [0.25, 0.3) is 0 Å². The molecule has 0 atom stereocenters. The summed E-state index contributed by atoms with van der Waals surface area (Å²) in [6.45, 7) is 13.8. The molecule has 0 bridgehead atoms. The number of rotatable bonds is 3. The van der Waals surface area contributed by atoms with E-state index in [1.165, 1.54) is 0 Å². The number of aromatic hydroxyl groups is 2. The summed E-state index contributed by atoms with van der Waals surface area (Å²) in [4.78, 5) is 0. The number of hydrogen-bond donors (Lipinski definition) is 2. The van der Waals surface area contributed by atoms with Crippen LogP contribution in [0.1, 0.15) is 70.1 Å². The predicted octanol–water partition coefficient (Wildman–Crippen LogP) is 4.69. The van der Waals surface area contributed by atoms with E-state index in [1.54, 1.807) is 7.11 Å². The lowest BCUT2D eigenvalue weighted by Gasteiger charge is -2.22. The minimum absolute atomic E-state index is 0.0452. The molecule has 0 aliphatic rings. The SMILES string of the molecule is CC.COc1c(O)c(C(C)C)c(O)c(C)c1C(C)C. The van der Waals surface area contributed by atoms with E-state index in [9.17, 15) is 10.2 Å². The van der Waals surface area contributed by atoms with Gasteiger partial charge in [0, 0.05) is 11.1 Å². The summed E-state index contributed by atoms with van der Waals surface area (Å²) in [5.41, 5.74) is 2.22. The third-order valence-electron chi connectivity index (χ3n) is 3.09. The quantitative estimate of drug-likeness (QED) is 0.836. The number of phenolic OH excluding ortho intramolecular Hbond substituents is 2. The smallest absolute Gasteiger partial charge is 0.165 e. The molecule has 0 saturated heterocycles. The van der Waals surface area contributed by atoms with E-state index >= 15 is 0 Å². The normalized spacial score (nSPS) is 10.4. The summed E-state index contributed by atoms with van der Waals surface area (Å²) in [5.74, 6) is 0.960. The largest absolute Gasteiger partial charge is 0.507 e. The first-order valence-electron chi connectivity index (χ1n) is 6.95. The van der Waals surface area contributed by atoms with Crippen molar-refractivity contribution in [1.29, 1.82) is 0 Å². The van der Waals surface area contributed by atoms with Gasteiger partial charge in [-0.05, 0) is 24.3 Å². The Morgan fingerprint density at radius 3 is 1.58 bits per heavy atom. The highest BCUT2D eigenvalue weighted by atomic mass is 16.5. The van der Waals surface area contributed by atoms with Crippen molar-refractivity contribution in [3.63, 3.8) is 0 Å². The molecule has 0 fully saturated rings. The molecule has 0 radical (unpaired) electrons. The van der Waals surface area contributed by atoms with Gasteiger partial charge in [-0.2, -0.15) is 0 Å². The van der Waals surface area contributed by atoms with E-state index in [0.29, 0.717) is 11.3 Å². The van der Waals surface area contributed by atoms with E-state index in [0.717, 1.165) is 11.1 Å². The Morgan fingerprint density at radius 1 is 0.842 bits per heavy atom. The number of phenols is 2. The third kappa shape index (κ3) is 3.34. The van der Waals surface area contributed by atoms with Crippen molar-refractivity contribution >= 4 is 0 Å². The molecule has 2 N–H and O–H groups in total. The zero-order valence-corrected chi connectivity index (χ0v) is 13.5. The number of hydrogen-bond acceptors (Lipinski definition) is 3. The summed E-state index contributed by atoms with van der Waals surface area (Å²) in [6, 6.07) is 0. The van der Waals surface area contributed by atoms with E-state index in [2.05, 4.69) is 0 Å². The van der Waals surface area contributed by atoms with Crippen LogP contribution in [0.15, 0.2) is 0 Å². The minimum Gasteiger partial charge on any atom is -0.507 e. The molecular weight excluding hydrogens is 240 g/mol. The first-order chi connectivity index (χ1) is 8.82. The van der Waals surface area contributed by atoms with E-state index in [4.69, 9.17) is 4.74 Å². The van der Waals surface area contributed by atoms with Crippen LogP contribution in [0.4, 0.5) is 0 Å². The summed E-state index contributed by atoms with van der Waals surface area (Å²) in [6.07, 6.45) is 0. The van der Waals surface area contributed by atoms with Crippen molar-refractivity contribution in [1.82, 2.24) is 0 Å². The van der Waals surface area contributed by atoms with Gasteiger partial charge in [-0.25, -0.2) is 0 Å². The van der Waals surface area contributed by atoms with Crippen molar-refractivity contribution in [2.45, 2.75) is 60.3 Å². The molecule has 19 heavy (non-hydrogen) atoms. The van der Waals surface area contributed by atoms with Crippen molar-refractivity contribution in [2.75, 3.05) is 7.11 Å². The van der Waals surface area contributed by atoms with Gasteiger partial charge >= 0.3 is 0 Å². The Labute approximate surface area is 117 Å². The van der Waals surface area contributed by atoms with Crippen LogP contribution >= 0.6 is 0 Å². The first kappa shape index (κ1) is 17.6. The molecule has 3 heteroatoms. The van der Waals surface area contributed by atoms with E-state index < -0.39 is 0 Å². The Bertz CT molecular complexity index is 421. The average molecular weight is 268 g/mol. The van der Waals surface area contributed by atoms with Crippen LogP contribution in [-0.4, -0.2) is 17.3 Å². The maximum Gasteiger partial charge on any atom is 0.165 e. The van der Waals surface area contributed by atoms with Gasteiger partial charge in [-0.15, -0.1) is 0 Å². The molecule has 0 aliphatic carbocycles. The molecule has 0 aromatic heterocycles. The van der Waals surface area contributed by atoms with E-state index in [-0.39, 0.29) is 23.3 Å². The monoisotopic (exact) mass is 268 g/mol. The van der Waals surface area contributed by atoms with Gasteiger partial charge in [0.15, 0.2) is 11.5 Å². The van der Waals surface area contributed by atoms with Crippen molar-refractivity contribution < 1.29 is 14.9 Å². The standard InChI is InChI=1S/C14H22O3.C2H6/c1-7(2)10-9(5)12(15)11(8(3)4)13(16)14(10)17-6;1-2/h7-8,15-16H,1-6H3;1-2H3. The topological polar surface area (TPSA) is 49.7 Å². The molecule has 0 amide bonds. The lowest BCUT2D eigenvalue weighted by atomic mass is 9.89. The van der Waals surface area contributed by atoms with Gasteiger partial charge in [0.1, 0.15) is 5.75 Å². The summed E-state index contributed by atoms with van der Waals surface area (Å²) >= 11 is 0. The fraction of sp³-hybridized carbons (Fsp3) is 0.625. The van der Waals surface area contributed by atoms with E-state index in [1.807, 2.05) is 48.5 Å². The fourth-order valence-corrected chi connectivity index (χ4v) is 2.31. The Hall–Kier alpha value is -1.38. The summed E-state index contributed by atoms with van der Waals surface area (Å²) < 4.78 is 5.30. The number of ether oxygens (including phenoxy) is 1. The van der Waals surface area contributed by atoms with Crippen LogP contribution in [0.5, 0.6) is 17.2 Å². The number of methoxy groups -OCH3 is 1. The summed E-state index contributed by atoms with van der Waals surface area (Å²) in [7, 11) is 1.54. The minimum atomic E-state index is 0.0452. The molecule has 110 valence electrons. The van der Waals surface area contributed by atoms with Gasteiger partial charge in [-0.1, -0.05) is 41.5 Å². The molecule has 3 nitrogen and oxygen atoms in total. The highest BCUT2D eigenvalue weighted by Crippen LogP contribution is 2.48. The molecule has 0 heterocycles. The van der Waals surface area contributed by atoms with Gasteiger partial charge in [0.25, 0.3) is 0 Å². The van der Waals surface area contributed by atoms with Crippen LogP contribution in [-0.2, 0) is 0 Å². The zero-order chi connectivity index (χ0) is 15.3. The van der Waals surface area contributed by atoms with Gasteiger partial charge in [0.05, 0.1) is 7.11 Å². The second kappa shape index (κ2) is 7.27. The van der Waals surface area contributed by atoms with Crippen molar-refractivity contribution in [2.24, 2.45) is 0 Å². The Morgan fingerprint density at radius 2 is 1.26 bits per heavy atom. The average Bonchev–Trinajstić information content (AvgIpc) is 2.35. The highest BCUT2D eigenvalue weighted by Gasteiger charge is 2.24. The first-order valence-corrected chi connectivity index (χ1v) is 6.95. The molecule has 1 aromatic rings. The molecular formula is C16H28O3. The number of benzene rings is 1. The third-order valence-corrected chi connectivity index (χ3v) is 3.09. The Balaban J connectivity index is 0.00000154. The van der Waals surface area contributed by atoms with Crippen LogP contribution in [0.3, 0.4) is 0 Å². The molecule has 1 aromatic carbocycles. The second-order valence-electron chi connectivity index (χ2n) is 4.99. The maximum atomic E-state index is 10.2. The lowest BCUT2D eigenvalue weighted by Crippen LogP contribution is -2.02. The highest BCUT2D eigenvalue weighted by molar-refractivity contribution is 5.63. The predicted molar refractivity (Wildman–Crippen MR) is 80.6 cm³/mol. The van der Waals surface area contributed by atoms with Gasteiger partial charge in [-0.3, -0.25) is 0 Å². The van der Waals surface area contributed by atoms with Crippen LogP contribution in [0.2, 0.25) is 0 Å². The summed E-state index contributed by atoms with van der Waals surface area (Å²) in [5, 5.41) is 20.4. The maximum absolute atomic E-state index is 10.2. The second-order valence-corrected chi connectivity index (χ2v) is 4.99. The fourth-order valence-electron chi connectivity index (χ4n) is 2.31. The molecule has 0 spiro atoms. The lowest BCUT2D eigenvalue weighted by molar-refractivity contribution is 0.356. The van der Waals surface area contributed by atoms with Crippen molar-refractivity contribution in [3.8, 4) is 17.2 Å². The molecule has 1 rings (SSSR count). The van der Waals surface area contributed by atoms with Crippen molar-refractivity contribution in [3.05, 3.63) is 16.7 Å². The molecule has 0 saturated carbocycles. The van der Waals surface area contributed by atoms with Gasteiger partial charge < -0.3 is 14.9 Å². The molecule has 0 aliphatic heterocycles. The van der Waals surface area contributed by atoms with Crippen LogP contribution < -0.4 is 4.74 Å². The Kier molecular flexibility index (Phi) is 6.74. The van der Waals surface area contributed by atoms with Crippen LogP contribution in [0, 0.1) is 6.92 Å².